The molecule has 0 spiro atoms. The first-order valence-electron chi connectivity index (χ1n) is 4.08. The lowest BCUT2D eigenvalue weighted by Gasteiger charge is -2.10. The molecular formula is C8H11NO5S2. The maximum absolute atomic E-state index is 11.4. The van der Waals surface area contributed by atoms with Gasteiger partial charge < -0.3 is 4.74 Å². The molecule has 1 aromatic rings. The first kappa shape index (κ1) is 12.9. The highest BCUT2D eigenvalue weighted by atomic mass is 32.2. The van der Waals surface area contributed by atoms with E-state index in [-0.39, 0.29) is 15.5 Å². The molecule has 0 amide bonds. The number of primary sulfonamides is 1. The Bertz CT molecular complexity index is 553. The van der Waals surface area contributed by atoms with Crippen LogP contribution in [0.1, 0.15) is 0 Å². The highest BCUT2D eigenvalue weighted by molar-refractivity contribution is 7.91. The zero-order valence-electron chi connectivity index (χ0n) is 8.67. The van der Waals surface area contributed by atoms with Gasteiger partial charge in [-0.2, -0.15) is 0 Å². The van der Waals surface area contributed by atoms with Gasteiger partial charge in [0.1, 0.15) is 9.79 Å². The number of hydrogen-bond donors (Lipinski definition) is 1. The van der Waals surface area contributed by atoms with Gasteiger partial charge in [-0.3, -0.25) is 0 Å². The predicted octanol–water partition coefficient (Wildman–Crippen LogP) is -0.254. The first-order chi connectivity index (χ1) is 7.18. The van der Waals surface area contributed by atoms with Crippen LogP contribution in [0.25, 0.3) is 0 Å². The SMILES string of the molecule is COc1c(S(C)(=O)=O)cccc1S(N)(=O)=O. The molecule has 0 fully saturated rings. The standard InChI is InChI=1S/C8H11NO5S2/c1-14-8-6(15(2,10)11)4-3-5-7(8)16(9,12)13/h3-5H,1-2H3,(H2,9,12,13). The van der Waals surface area contributed by atoms with E-state index in [0.29, 0.717) is 0 Å². The van der Waals surface area contributed by atoms with Crippen molar-refractivity contribution in [3.8, 4) is 5.75 Å². The lowest BCUT2D eigenvalue weighted by atomic mass is 10.3. The van der Waals surface area contributed by atoms with E-state index in [4.69, 9.17) is 9.88 Å². The fraction of sp³-hybridized carbons (Fsp3) is 0.250. The molecule has 6 nitrogen and oxygen atoms in total. The van der Waals surface area contributed by atoms with E-state index in [1.807, 2.05) is 0 Å². The number of nitrogens with two attached hydrogens (primary N) is 1. The fourth-order valence-corrected chi connectivity index (χ4v) is 2.85. The summed E-state index contributed by atoms with van der Waals surface area (Å²) in [7, 11) is -6.41. The molecular weight excluding hydrogens is 254 g/mol. The van der Waals surface area contributed by atoms with E-state index in [1.165, 1.54) is 25.3 Å². The second-order valence-corrected chi connectivity index (χ2v) is 6.62. The van der Waals surface area contributed by atoms with Crippen molar-refractivity contribution in [3.05, 3.63) is 18.2 Å². The molecule has 0 aliphatic heterocycles. The molecule has 2 N–H and O–H groups in total. The molecule has 1 rings (SSSR count). The lowest BCUT2D eigenvalue weighted by molar-refractivity contribution is 0.390. The molecule has 0 saturated heterocycles. The van der Waals surface area contributed by atoms with Crippen LogP contribution in [0.3, 0.4) is 0 Å². The van der Waals surface area contributed by atoms with Gasteiger partial charge in [0.2, 0.25) is 10.0 Å². The van der Waals surface area contributed by atoms with Gasteiger partial charge in [0.25, 0.3) is 0 Å². The molecule has 0 atom stereocenters. The Hall–Kier alpha value is -1.12. The van der Waals surface area contributed by atoms with E-state index in [9.17, 15) is 16.8 Å². The van der Waals surface area contributed by atoms with Crippen LogP contribution in [0.15, 0.2) is 28.0 Å². The number of ether oxygens (including phenoxy) is 1. The van der Waals surface area contributed by atoms with E-state index in [0.717, 1.165) is 6.26 Å². The van der Waals surface area contributed by atoms with E-state index < -0.39 is 19.9 Å². The topological polar surface area (TPSA) is 104 Å². The van der Waals surface area contributed by atoms with Crippen LogP contribution >= 0.6 is 0 Å². The number of para-hydroxylation sites is 1. The third-order valence-corrected chi connectivity index (χ3v) is 3.91. The predicted molar refractivity (Wildman–Crippen MR) is 57.5 cm³/mol. The molecule has 0 heterocycles. The summed E-state index contributed by atoms with van der Waals surface area (Å²) in [5.41, 5.74) is 0. The molecule has 90 valence electrons. The van der Waals surface area contributed by atoms with Crippen LogP contribution in [0.2, 0.25) is 0 Å². The number of methoxy groups -OCH3 is 1. The molecule has 8 heteroatoms. The molecule has 16 heavy (non-hydrogen) atoms. The summed E-state index contributed by atoms with van der Waals surface area (Å²) in [5.74, 6) is -0.257. The van der Waals surface area contributed by atoms with Crippen molar-refractivity contribution in [2.45, 2.75) is 9.79 Å². The first-order valence-corrected chi connectivity index (χ1v) is 7.51. The molecule has 0 radical (unpaired) electrons. The summed E-state index contributed by atoms with van der Waals surface area (Å²) in [5, 5.41) is 4.94. The number of sulfone groups is 1. The highest BCUT2D eigenvalue weighted by Crippen LogP contribution is 2.30. The number of sulfonamides is 1. The van der Waals surface area contributed by atoms with Gasteiger partial charge in [0, 0.05) is 6.26 Å². The average Bonchev–Trinajstić information content (AvgIpc) is 2.13. The Morgan fingerprint density at radius 1 is 1.12 bits per heavy atom. The molecule has 0 aliphatic carbocycles. The summed E-state index contributed by atoms with van der Waals surface area (Å²) in [4.78, 5) is -0.556. The zero-order chi connectivity index (χ0) is 12.6. The van der Waals surface area contributed by atoms with E-state index >= 15 is 0 Å². The van der Waals surface area contributed by atoms with Gasteiger partial charge in [0.15, 0.2) is 15.6 Å². The maximum atomic E-state index is 11.4. The van der Waals surface area contributed by atoms with Crippen molar-refractivity contribution in [3.63, 3.8) is 0 Å². The number of rotatable bonds is 3. The normalized spacial score (nSPS) is 12.4. The van der Waals surface area contributed by atoms with Crippen LogP contribution in [0, 0.1) is 0 Å². The Balaban J connectivity index is 3.71. The number of benzene rings is 1. The Morgan fingerprint density at radius 2 is 1.62 bits per heavy atom. The Morgan fingerprint density at radius 3 is 2.00 bits per heavy atom. The summed E-state index contributed by atoms with van der Waals surface area (Å²) >= 11 is 0. The second-order valence-electron chi connectivity index (χ2n) is 3.10. The molecule has 0 aliphatic rings. The summed E-state index contributed by atoms with van der Waals surface area (Å²) in [6, 6.07) is 3.73. The van der Waals surface area contributed by atoms with Gasteiger partial charge >= 0.3 is 0 Å². The molecule has 1 aromatic carbocycles. The van der Waals surface area contributed by atoms with E-state index in [1.54, 1.807) is 0 Å². The van der Waals surface area contributed by atoms with Crippen molar-refractivity contribution in [1.82, 2.24) is 0 Å². The van der Waals surface area contributed by atoms with Gasteiger partial charge in [-0.1, -0.05) is 6.07 Å². The summed E-state index contributed by atoms with van der Waals surface area (Å²) in [6.45, 7) is 0. The van der Waals surface area contributed by atoms with Crippen molar-refractivity contribution in [2.24, 2.45) is 5.14 Å². The maximum Gasteiger partial charge on any atom is 0.241 e. The monoisotopic (exact) mass is 265 g/mol. The van der Waals surface area contributed by atoms with Crippen LogP contribution in [0.4, 0.5) is 0 Å². The van der Waals surface area contributed by atoms with Crippen molar-refractivity contribution < 1.29 is 21.6 Å². The minimum Gasteiger partial charge on any atom is -0.494 e. The Kier molecular flexibility index (Phi) is 3.27. The van der Waals surface area contributed by atoms with Crippen molar-refractivity contribution >= 4 is 19.9 Å². The second kappa shape index (κ2) is 4.04. The lowest BCUT2D eigenvalue weighted by Crippen LogP contribution is -2.15. The zero-order valence-corrected chi connectivity index (χ0v) is 10.3. The fourth-order valence-electron chi connectivity index (χ4n) is 1.21. The van der Waals surface area contributed by atoms with E-state index in [2.05, 4.69) is 0 Å². The Labute approximate surface area is 94.0 Å². The smallest absolute Gasteiger partial charge is 0.241 e. The van der Waals surface area contributed by atoms with Gasteiger partial charge in [-0.25, -0.2) is 22.0 Å². The van der Waals surface area contributed by atoms with Crippen LogP contribution in [-0.2, 0) is 19.9 Å². The third-order valence-electron chi connectivity index (χ3n) is 1.85. The minimum absolute atomic E-state index is 0.207. The highest BCUT2D eigenvalue weighted by Gasteiger charge is 2.22. The molecule has 0 saturated carbocycles. The van der Waals surface area contributed by atoms with Crippen LogP contribution < -0.4 is 9.88 Å². The molecule has 0 bridgehead atoms. The largest absolute Gasteiger partial charge is 0.494 e. The third kappa shape index (κ3) is 2.52. The van der Waals surface area contributed by atoms with Crippen molar-refractivity contribution in [2.75, 3.05) is 13.4 Å². The number of hydrogen-bond acceptors (Lipinski definition) is 5. The van der Waals surface area contributed by atoms with Crippen LogP contribution in [-0.4, -0.2) is 30.2 Å². The van der Waals surface area contributed by atoms with Crippen molar-refractivity contribution in [1.29, 1.82) is 0 Å². The minimum atomic E-state index is -4.02. The summed E-state index contributed by atoms with van der Waals surface area (Å²) in [6.07, 6.45) is 0.956. The quantitative estimate of drug-likeness (QED) is 0.811. The molecule has 0 unspecified atom stereocenters. The molecule has 0 aromatic heterocycles. The van der Waals surface area contributed by atoms with Gasteiger partial charge in [-0.15, -0.1) is 0 Å². The average molecular weight is 265 g/mol. The van der Waals surface area contributed by atoms with Gasteiger partial charge in [-0.05, 0) is 12.1 Å². The van der Waals surface area contributed by atoms with Crippen LogP contribution in [0.5, 0.6) is 5.75 Å². The van der Waals surface area contributed by atoms with Gasteiger partial charge in [0.05, 0.1) is 7.11 Å². The summed E-state index contributed by atoms with van der Waals surface area (Å²) < 4.78 is 49.9.